The molecule has 0 saturated carbocycles. The van der Waals surface area contributed by atoms with Gasteiger partial charge in [0, 0.05) is 32.8 Å². The summed E-state index contributed by atoms with van der Waals surface area (Å²) in [5.74, 6) is 0.467. The monoisotopic (exact) mass is 271 g/mol. The molecule has 0 aromatic rings. The van der Waals surface area contributed by atoms with Crippen LogP contribution in [0.1, 0.15) is 20.3 Å². The number of likely N-dealkylation sites (N-methyl/N-ethyl adjacent to an activating group) is 1. The Kier molecular flexibility index (Phi) is 8.02. The van der Waals surface area contributed by atoms with Crippen molar-refractivity contribution in [1.82, 2.24) is 15.1 Å². The molecule has 1 aliphatic heterocycles. The van der Waals surface area contributed by atoms with Crippen molar-refractivity contribution in [2.45, 2.75) is 20.3 Å². The second-order valence-corrected chi connectivity index (χ2v) is 5.76. The zero-order valence-electron chi connectivity index (χ0n) is 12.7. The molecular weight excluding hydrogens is 242 g/mol. The van der Waals surface area contributed by atoms with Crippen LogP contribution in [0.25, 0.3) is 0 Å². The van der Waals surface area contributed by atoms with Crippen LogP contribution in [0.3, 0.4) is 0 Å². The van der Waals surface area contributed by atoms with Crippen LogP contribution >= 0.6 is 0 Å². The highest BCUT2D eigenvalue weighted by molar-refractivity contribution is 5.77. The number of rotatable bonds is 7. The lowest BCUT2D eigenvalue weighted by molar-refractivity contribution is -0.126. The van der Waals surface area contributed by atoms with Crippen LogP contribution in [0.2, 0.25) is 0 Å². The summed E-state index contributed by atoms with van der Waals surface area (Å²) in [4.78, 5) is 16.3. The van der Waals surface area contributed by atoms with Gasteiger partial charge in [0.15, 0.2) is 0 Å². The summed E-state index contributed by atoms with van der Waals surface area (Å²) in [5.41, 5.74) is 0. The first-order valence-electron chi connectivity index (χ1n) is 7.33. The molecule has 0 atom stereocenters. The Morgan fingerprint density at radius 2 is 2.05 bits per heavy atom. The lowest BCUT2D eigenvalue weighted by Crippen LogP contribution is -2.38. The Labute approximate surface area is 117 Å². The SMILES string of the molecule is CC(C)COCC(=O)NCCN1CCCN(C)CC1. The molecule has 0 bridgehead atoms. The Balaban J connectivity index is 2.04. The first-order chi connectivity index (χ1) is 9.08. The van der Waals surface area contributed by atoms with Gasteiger partial charge in [-0.3, -0.25) is 4.79 Å². The normalized spacial score (nSPS) is 18.5. The highest BCUT2D eigenvalue weighted by Crippen LogP contribution is 1.99. The minimum absolute atomic E-state index is 0.00686. The third-order valence-electron chi connectivity index (χ3n) is 3.25. The molecule has 19 heavy (non-hydrogen) atoms. The summed E-state index contributed by atoms with van der Waals surface area (Å²) in [6.45, 7) is 11.1. The molecule has 1 N–H and O–H groups in total. The van der Waals surface area contributed by atoms with Gasteiger partial charge in [-0.2, -0.15) is 0 Å². The van der Waals surface area contributed by atoms with E-state index in [0.717, 1.165) is 26.2 Å². The lowest BCUT2D eigenvalue weighted by Gasteiger charge is -2.20. The smallest absolute Gasteiger partial charge is 0.246 e. The predicted octanol–water partition coefficient (Wildman–Crippen LogP) is 0.413. The van der Waals surface area contributed by atoms with Crippen LogP contribution in [-0.2, 0) is 9.53 Å². The van der Waals surface area contributed by atoms with Gasteiger partial charge in [0.05, 0.1) is 0 Å². The van der Waals surface area contributed by atoms with Crippen LogP contribution in [0.5, 0.6) is 0 Å². The standard InChI is InChI=1S/C14H29N3O2/c1-13(2)11-19-12-14(18)15-5-8-17-7-4-6-16(3)9-10-17/h13H,4-12H2,1-3H3,(H,15,18). The van der Waals surface area contributed by atoms with Crippen molar-refractivity contribution in [3.63, 3.8) is 0 Å². The van der Waals surface area contributed by atoms with Crippen molar-refractivity contribution in [1.29, 1.82) is 0 Å². The first kappa shape index (κ1) is 16.4. The molecular formula is C14H29N3O2. The van der Waals surface area contributed by atoms with Crippen molar-refractivity contribution in [3.8, 4) is 0 Å². The van der Waals surface area contributed by atoms with E-state index in [9.17, 15) is 4.79 Å². The van der Waals surface area contributed by atoms with E-state index in [1.807, 2.05) is 0 Å². The molecule has 0 aliphatic carbocycles. The van der Waals surface area contributed by atoms with Gasteiger partial charge in [0.2, 0.25) is 5.91 Å². The van der Waals surface area contributed by atoms with Crippen LogP contribution in [0.4, 0.5) is 0 Å². The van der Waals surface area contributed by atoms with Crippen molar-refractivity contribution >= 4 is 5.91 Å². The van der Waals surface area contributed by atoms with Crippen molar-refractivity contribution < 1.29 is 9.53 Å². The number of amides is 1. The minimum Gasteiger partial charge on any atom is -0.371 e. The Bertz CT molecular complexity index is 259. The number of hydrogen-bond acceptors (Lipinski definition) is 4. The van der Waals surface area contributed by atoms with E-state index in [4.69, 9.17) is 4.74 Å². The van der Waals surface area contributed by atoms with E-state index < -0.39 is 0 Å². The summed E-state index contributed by atoms with van der Waals surface area (Å²) in [7, 11) is 2.16. The van der Waals surface area contributed by atoms with E-state index in [-0.39, 0.29) is 12.5 Å². The van der Waals surface area contributed by atoms with Gasteiger partial charge in [-0.15, -0.1) is 0 Å². The molecule has 5 nitrogen and oxygen atoms in total. The van der Waals surface area contributed by atoms with Crippen molar-refractivity contribution in [2.75, 3.05) is 59.5 Å². The molecule has 0 aromatic carbocycles. The number of carbonyl (C=O) groups excluding carboxylic acids is 1. The van der Waals surface area contributed by atoms with Crippen LogP contribution in [0.15, 0.2) is 0 Å². The Hall–Kier alpha value is -0.650. The molecule has 1 heterocycles. The van der Waals surface area contributed by atoms with Gasteiger partial charge in [0.25, 0.3) is 0 Å². The zero-order chi connectivity index (χ0) is 14.1. The number of ether oxygens (including phenoxy) is 1. The third kappa shape index (κ3) is 8.18. The van der Waals surface area contributed by atoms with Gasteiger partial charge < -0.3 is 19.9 Å². The fourth-order valence-electron chi connectivity index (χ4n) is 2.12. The van der Waals surface area contributed by atoms with Gasteiger partial charge in [-0.05, 0) is 32.5 Å². The predicted molar refractivity (Wildman–Crippen MR) is 77.2 cm³/mol. The average molecular weight is 271 g/mol. The molecule has 5 heteroatoms. The molecule has 0 spiro atoms. The van der Waals surface area contributed by atoms with Crippen LogP contribution in [-0.4, -0.2) is 75.2 Å². The third-order valence-corrected chi connectivity index (χ3v) is 3.25. The molecule has 1 aliphatic rings. The molecule has 0 unspecified atom stereocenters. The highest BCUT2D eigenvalue weighted by atomic mass is 16.5. The summed E-state index contributed by atoms with van der Waals surface area (Å²) in [6, 6.07) is 0. The maximum absolute atomic E-state index is 11.5. The van der Waals surface area contributed by atoms with Gasteiger partial charge in [-0.25, -0.2) is 0 Å². The number of hydrogen-bond donors (Lipinski definition) is 1. The molecule has 1 amide bonds. The fraction of sp³-hybridized carbons (Fsp3) is 0.929. The van der Waals surface area contributed by atoms with Gasteiger partial charge >= 0.3 is 0 Å². The Morgan fingerprint density at radius 3 is 2.79 bits per heavy atom. The molecule has 1 rings (SSSR count). The second-order valence-electron chi connectivity index (χ2n) is 5.76. The van der Waals surface area contributed by atoms with E-state index in [1.54, 1.807) is 0 Å². The number of carbonyl (C=O) groups is 1. The minimum atomic E-state index is -0.00686. The van der Waals surface area contributed by atoms with Crippen LogP contribution < -0.4 is 5.32 Å². The number of nitrogens with zero attached hydrogens (tertiary/aromatic N) is 2. The number of nitrogens with one attached hydrogen (secondary N) is 1. The van der Waals surface area contributed by atoms with E-state index in [2.05, 4.69) is 36.0 Å². The topological polar surface area (TPSA) is 44.8 Å². The van der Waals surface area contributed by atoms with Crippen molar-refractivity contribution in [3.05, 3.63) is 0 Å². The van der Waals surface area contributed by atoms with Gasteiger partial charge in [-0.1, -0.05) is 13.8 Å². The molecule has 1 fully saturated rings. The molecule has 1 saturated heterocycles. The van der Waals surface area contributed by atoms with E-state index >= 15 is 0 Å². The molecule has 0 radical (unpaired) electrons. The van der Waals surface area contributed by atoms with Crippen LogP contribution in [0, 0.1) is 5.92 Å². The quantitative estimate of drug-likeness (QED) is 0.728. The van der Waals surface area contributed by atoms with E-state index in [1.165, 1.54) is 13.0 Å². The lowest BCUT2D eigenvalue weighted by atomic mass is 10.2. The Morgan fingerprint density at radius 1 is 1.26 bits per heavy atom. The summed E-state index contributed by atoms with van der Waals surface area (Å²) in [5, 5.41) is 2.92. The largest absolute Gasteiger partial charge is 0.371 e. The maximum Gasteiger partial charge on any atom is 0.246 e. The summed E-state index contributed by atoms with van der Waals surface area (Å²) in [6.07, 6.45) is 1.21. The fourth-order valence-corrected chi connectivity index (χ4v) is 2.12. The summed E-state index contributed by atoms with van der Waals surface area (Å²) >= 11 is 0. The van der Waals surface area contributed by atoms with Crippen molar-refractivity contribution in [2.24, 2.45) is 5.92 Å². The molecule has 0 aromatic heterocycles. The maximum atomic E-state index is 11.5. The first-order valence-corrected chi connectivity index (χ1v) is 7.33. The zero-order valence-corrected chi connectivity index (χ0v) is 12.7. The van der Waals surface area contributed by atoms with E-state index in [0.29, 0.717) is 19.1 Å². The summed E-state index contributed by atoms with van der Waals surface area (Å²) < 4.78 is 5.30. The second kappa shape index (κ2) is 9.28. The van der Waals surface area contributed by atoms with Gasteiger partial charge in [0.1, 0.15) is 6.61 Å². The highest BCUT2D eigenvalue weighted by Gasteiger charge is 2.11. The average Bonchev–Trinajstić information content (AvgIpc) is 2.54. The molecule has 112 valence electrons.